The normalized spacial score (nSPS) is 23.0. The van der Waals surface area contributed by atoms with Crippen LogP contribution in [0.4, 0.5) is 11.4 Å². The van der Waals surface area contributed by atoms with E-state index in [9.17, 15) is 4.79 Å². The number of carbonyl (C=O) groups is 1. The van der Waals surface area contributed by atoms with Crippen LogP contribution >= 0.6 is 11.6 Å². The summed E-state index contributed by atoms with van der Waals surface area (Å²) < 4.78 is 6.24. The van der Waals surface area contributed by atoms with Crippen LogP contribution in [-0.2, 0) is 10.3 Å². The number of halogens is 1. The van der Waals surface area contributed by atoms with Crippen molar-refractivity contribution in [2.75, 3.05) is 16.8 Å². The zero-order valence-electron chi connectivity index (χ0n) is 15.1. The number of ether oxygens (including phenoxy) is 1. The molecule has 4 nitrogen and oxygen atoms in total. The maximum Gasteiger partial charge on any atom is 0.271 e. The Morgan fingerprint density at radius 3 is 2.46 bits per heavy atom. The Bertz CT molecular complexity index is 1020. The fraction of sp³-hybridized carbons (Fsp3) is 0.174. The second kappa shape index (κ2) is 6.57. The molecule has 1 saturated heterocycles. The average Bonchev–Trinajstić information content (AvgIpc) is 2.88. The summed E-state index contributed by atoms with van der Waals surface area (Å²) in [7, 11) is 0. The summed E-state index contributed by atoms with van der Waals surface area (Å²) in [4.78, 5) is 15.2. The van der Waals surface area contributed by atoms with Crippen molar-refractivity contribution in [2.24, 2.45) is 0 Å². The molecule has 2 unspecified atom stereocenters. The molecule has 5 rings (SSSR count). The van der Waals surface area contributed by atoms with Gasteiger partial charge in [0.25, 0.3) is 5.91 Å². The zero-order valence-corrected chi connectivity index (χ0v) is 15.9. The Labute approximate surface area is 168 Å². The number of amides is 1. The molecule has 1 N–H and O–H groups in total. The standard InChI is InChI=1S/C23H19ClN2O2/c24-17-12-10-16(11-13-17)23-14-15-25-19-8-4-5-9-20(19)26(23)22(27)21(23)28-18-6-2-1-3-7-18/h1-13,21,25H,14-15H2. The summed E-state index contributed by atoms with van der Waals surface area (Å²) in [5, 5.41) is 4.13. The molecule has 0 aliphatic carbocycles. The van der Waals surface area contributed by atoms with Crippen molar-refractivity contribution < 1.29 is 9.53 Å². The number of benzene rings is 3. The van der Waals surface area contributed by atoms with E-state index in [1.165, 1.54) is 0 Å². The summed E-state index contributed by atoms with van der Waals surface area (Å²) in [5.41, 5.74) is 2.28. The Kier molecular flexibility index (Phi) is 4.02. The van der Waals surface area contributed by atoms with Gasteiger partial charge in [-0.2, -0.15) is 0 Å². The molecule has 2 atom stereocenters. The van der Waals surface area contributed by atoms with Crippen LogP contribution in [0.2, 0.25) is 5.02 Å². The van der Waals surface area contributed by atoms with Crippen molar-refractivity contribution in [1.82, 2.24) is 0 Å². The number of nitrogens with one attached hydrogen (secondary N) is 1. The molecule has 3 aromatic carbocycles. The number of carbonyl (C=O) groups excluding carboxylic acids is 1. The molecular weight excluding hydrogens is 372 g/mol. The fourth-order valence-corrected chi connectivity index (χ4v) is 4.42. The maximum absolute atomic E-state index is 13.3. The highest BCUT2D eigenvalue weighted by atomic mass is 35.5. The first-order valence-corrected chi connectivity index (χ1v) is 9.73. The average molecular weight is 391 g/mol. The monoisotopic (exact) mass is 390 g/mol. The Balaban J connectivity index is 1.65. The third-order valence-electron chi connectivity index (χ3n) is 5.59. The molecule has 1 fully saturated rings. The highest BCUT2D eigenvalue weighted by Gasteiger charge is 2.64. The van der Waals surface area contributed by atoms with Crippen molar-refractivity contribution in [1.29, 1.82) is 0 Å². The van der Waals surface area contributed by atoms with Gasteiger partial charge in [-0.05, 0) is 48.4 Å². The lowest BCUT2D eigenvalue weighted by molar-refractivity contribution is -0.142. The molecule has 28 heavy (non-hydrogen) atoms. The number of β-lactam (4-membered cyclic amide) rings is 1. The SMILES string of the molecule is O=C1C(Oc2ccccc2)C2(c3ccc(Cl)cc3)CCNc3ccccc3N12. The first kappa shape index (κ1) is 17.1. The van der Waals surface area contributed by atoms with E-state index >= 15 is 0 Å². The van der Waals surface area contributed by atoms with E-state index in [0.29, 0.717) is 10.8 Å². The van der Waals surface area contributed by atoms with Gasteiger partial charge in [-0.15, -0.1) is 0 Å². The van der Waals surface area contributed by atoms with Crippen LogP contribution in [-0.4, -0.2) is 18.6 Å². The summed E-state index contributed by atoms with van der Waals surface area (Å²) in [6.45, 7) is 0.734. The molecular formula is C23H19ClN2O2. The maximum atomic E-state index is 13.3. The molecule has 3 aromatic rings. The Hall–Kier alpha value is -2.98. The molecule has 2 aliphatic rings. The van der Waals surface area contributed by atoms with Gasteiger partial charge in [-0.25, -0.2) is 0 Å². The molecule has 0 saturated carbocycles. The van der Waals surface area contributed by atoms with E-state index in [-0.39, 0.29) is 5.91 Å². The highest BCUT2D eigenvalue weighted by molar-refractivity contribution is 6.30. The van der Waals surface area contributed by atoms with Crippen molar-refractivity contribution >= 4 is 28.9 Å². The highest BCUT2D eigenvalue weighted by Crippen LogP contribution is 2.52. The summed E-state index contributed by atoms with van der Waals surface area (Å²) in [5.74, 6) is 0.661. The van der Waals surface area contributed by atoms with E-state index in [2.05, 4.69) is 5.32 Å². The lowest BCUT2D eigenvalue weighted by Crippen LogP contribution is -2.74. The minimum absolute atomic E-state index is 0.0325. The number of rotatable bonds is 3. The summed E-state index contributed by atoms with van der Waals surface area (Å²) >= 11 is 6.13. The first-order valence-electron chi connectivity index (χ1n) is 9.35. The quantitative estimate of drug-likeness (QED) is 0.650. The van der Waals surface area contributed by atoms with Crippen molar-refractivity contribution in [2.45, 2.75) is 18.1 Å². The van der Waals surface area contributed by atoms with Gasteiger partial charge in [-0.3, -0.25) is 9.69 Å². The minimum Gasteiger partial charge on any atom is -0.478 e. The Morgan fingerprint density at radius 1 is 0.964 bits per heavy atom. The van der Waals surface area contributed by atoms with Crippen LogP contribution in [0.3, 0.4) is 0 Å². The molecule has 2 aliphatic heterocycles. The summed E-state index contributed by atoms with van der Waals surface area (Å²) in [6.07, 6.45) is 0.135. The molecule has 0 spiro atoms. The van der Waals surface area contributed by atoms with Crippen LogP contribution in [0.25, 0.3) is 0 Å². The van der Waals surface area contributed by atoms with Gasteiger partial charge in [0.1, 0.15) is 11.3 Å². The van der Waals surface area contributed by atoms with Crippen LogP contribution < -0.4 is 15.0 Å². The molecule has 140 valence electrons. The largest absolute Gasteiger partial charge is 0.478 e. The molecule has 2 heterocycles. The Morgan fingerprint density at radius 2 is 1.68 bits per heavy atom. The van der Waals surface area contributed by atoms with E-state index in [1.807, 2.05) is 83.8 Å². The van der Waals surface area contributed by atoms with E-state index < -0.39 is 11.6 Å². The minimum atomic E-state index is -0.593. The molecule has 5 heteroatoms. The van der Waals surface area contributed by atoms with Gasteiger partial charge < -0.3 is 10.1 Å². The number of hydrogen-bond acceptors (Lipinski definition) is 3. The van der Waals surface area contributed by atoms with Crippen LogP contribution in [0.5, 0.6) is 5.75 Å². The number of nitrogens with zero attached hydrogens (tertiary/aromatic N) is 1. The van der Waals surface area contributed by atoms with Gasteiger partial charge in [0.05, 0.1) is 11.4 Å². The second-order valence-corrected chi connectivity index (χ2v) is 7.55. The summed E-state index contributed by atoms with van der Waals surface area (Å²) in [6, 6.07) is 25.2. The van der Waals surface area contributed by atoms with Gasteiger partial charge in [0.2, 0.25) is 6.10 Å². The number of para-hydroxylation sites is 3. The van der Waals surface area contributed by atoms with E-state index in [4.69, 9.17) is 16.3 Å². The first-order chi connectivity index (χ1) is 13.7. The predicted molar refractivity (Wildman–Crippen MR) is 111 cm³/mol. The van der Waals surface area contributed by atoms with Gasteiger partial charge >= 0.3 is 0 Å². The predicted octanol–water partition coefficient (Wildman–Crippen LogP) is 4.85. The van der Waals surface area contributed by atoms with Crippen LogP contribution in [0.1, 0.15) is 12.0 Å². The zero-order chi connectivity index (χ0) is 19.1. The van der Waals surface area contributed by atoms with Crippen LogP contribution in [0, 0.1) is 0 Å². The number of hydrogen-bond donors (Lipinski definition) is 1. The molecule has 0 bridgehead atoms. The van der Waals surface area contributed by atoms with E-state index in [1.54, 1.807) is 0 Å². The fourth-order valence-electron chi connectivity index (χ4n) is 4.30. The van der Waals surface area contributed by atoms with Crippen molar-refractivity contribution in [3.63, 3.8) is 0 Å². The third kappa shape index (κ3) is 2.49. The van der Waals surface area contributed by atoms with Crippen molar-refractivity contribution in [3.8, 4) is 5.75 Å². The third-order valence-corrected chi connectivity index (χ3v) is 5.84. The van der Waals surface area contributed by atoms with Crippen molar-refractivity contribution in [3.05, 3.63) is 89.4 Å². The van der Waals surface area contributed by atoms with Gasteiger partial charge in [0, 0.05) is 11.6 Å². The van der Waals surface area contributed by atoms with E-state index in [0.717, 1.165) is 29.9 Å². The smallest absolute Gasteiger partial charge is 0.271 e. The molecule has 1 amide bonds. The van der Waals surface area contributed by atoms with Gasteiger partial charge in [0.15, 0.2) is 0 Å². The van der Waals surface area contributed by atoms with Gasteiger partial charge in [-0.1, -0.05) is 54.1 Å². The lowest BCUT2D eigenvalue weighted by atomic mass is 9.72. The number of fused-ring (bicyclic) bond motifs is 3. The molecule has 0 aromatic heterocycles. The van der Waals surface area contributed by atoms with Crippen LogP contribution in [0.15, 0.2) is 78.9 Å². The second-order valence-electron chi connectivity index (χ2n) is 7.11. The topological polar surface area (TPSA) is 41.6 Å². The molecule has 0 radical (unpaired) electrons. The lowest BCUT2D eigenvalue weighted by Gasteiger charge is -2.56. The number of anilines is 2.